The third kappa shape index (κ3) is 8.89. The van der Waals surface area contributed by atoms with Gasteiger partial charge in [0.25, 0.3) is 22.9 Å². The summed E-state index contributed by atoms with van der Waals surface area (Å²) in [5, 5.41) is 48.7. The molecular formula is C42H48N14O12. The molecule has 4 aliphatic heterocycles. The van der Waals surface area contributed by atoms with Crippen molar-refractivity contribution in [3.63, 3.8) is 0 Å². The Labute approximate surface area is 384 Å². The lowest BCUT2D eigenvalue weighted by Crippen LogP contribution is -2.59. The highest BCUT2D eigenvalue weighted by Gasteiger charge is 2.54. The van der Waals surface area contributed by atoms with Gasteiger partial charge >= 0.3 is 23.9 Å². The van der Waals surface area contributed by atoms with E-state index in [1.807, 2.05) is 26.5 Å². The highest BCUT2D eigenvalue weighted by atomic mass is 16.4. The van der Waals surface area contributed by atoms with E-state index in [0.717, 1.165) is 0 Å². The maximum Gasteiger partial charge on any atom is 0.326 e. The number of carboxylic acids is 4. The lowest BCUT2D eigenvalue weighted by atomic mass is 9.98. The first-order chi connectivity index (χ1) is 32.4. The Balaban J connectivity index is 1.19. The van der Waals surface area contributed by atoms with Crippen molar-refractivity contribution in [2.45, 2.75) is 69.1 Å². The van der Waals surface area contributed by atoms with E-state index in [2.05, 4.69) is 41.2 Å². The summed E-state index contributed by atoms with van der Waals surface area (Å²) in [7, 11) is 0. The number of nitrogens with zero attached hydrogens (tertiary/aromatic N) is 6. The predicted molar refractivity (Wildman–Crippen MR) is 244 cm³/mol. The number of nitrogens with one attached hydrogen (secondary N) is 6. The zero-order valence-electron chi connectivity index (χ0n) is 36.2. The number of carboxylic acid groups (broad SMARTS) is 4. The first-order valence-corrected chi connectivity index (χ1v) is 21.5. The van der Waals surface area contributed by atoms with Gasteiger partial charge in [-0.3, -0.25) is 38.7 Å². The molecule has 4 aromatic rings. The summed E-state index contributed by atoms with van der Waals surface area (Å²) >= 11 is 0. The van der Waals surface area contributed by atoms with Crippen LogP contribution in [0.5, 0.6) is 0 Å². The average molecular weight is 941 g/mol. The first-order valence-electron chi connectivity index (χ1n) is 21.5. The van der Waals surface area contributed by atoms with Crippen molar-refractivity contribution in [2.24, 2.45) is 5.92 Å². The number of rotatable bonds is 16. The van der Waals surface area contributed by atoms with Crippen LogP contribution >= 0.6 is 0 Å². The molecule has 6 unspecified atom stereocenters. The van der Waals surface area contributed by atoms with Crippen LogP contribution in [0.3, 0.4) is 0 Å². The molecule has 0 spiro atoms. The fourth-order valence-corrected chi connectivity index (χ4v) is 9.54. The van der Waals surface area contributed by atoms with E-state index in [4.69, 9.17) is 21.7 Å². The van der Waals surface area contributed by atoms with Gasteiger partial charge in [0.05, 0.1) is 12.1 Å². The number of amides is 2. The Bertz CT molecular complexity index is 2600. The molecule has 8 rings (SSSR count). The summed E-state index contributed by atoms with van der Waals surface area (Å²) in [6, 6.07) is 9.09. The Hall–Kier alpha value is -8.58. The second kappa shape index (κ2) is 18.4. The van der Waals surface area contributed by atoms with Crippen LogP contribution in [0, 0.1) is 5.92 Å². The van der Waals surface area contributed by atoms with E-state index < -0.39 is 90.0 Å². The number of fused-ring (bicyclic) bond motifs is 6. The Morgan fingerprint density at radius 3 is 1.35 bits per heavy atom. The highest BCUT2D eigenvalue weighted by molar-refractivity contribution is 5.98. The van der Waals surface area contributed by atoms with Gasteiger partial charge in [0, 0.05) is 67.4 Å². The van der Waals surface area contributed by atoms with E-state index >= 15 is 0 Å². The molecule has 26 nitrogen and oxygen atoms in total. The lowest BCUT2D eigenvalue weighted by molar-refractivity contribution is -0.142. The summed E-state index contributed by atoms with van der Waals surface area (Å²) in [5.74, 6) is -6.97. The maximum atomic E-state index is 13.9. The van der Waals surface area contributed by atoms with Crippen molar-refractivity contribution < 1.29 is 49.2 Å². The molecule has 2 aromatic carbocycles. The topological polar surface area (TPSA) is 388 Å². The van der Waals surface area contributed by atoms with E-state index in [-0.39, 0.29) is 71.0 Å². The van der Waals surface area contributed by atoms with Gasteiger partial charge < -0.3 is 72.8 Å². The number of carbonyl (C=O) groups excluding carboxylic acids is 2. The van der Waals surface area contributed by atoms with Crippen LogP contribution in [0.15, 0.2) is 58.1 Å². The number of H-pyrrole nitrogens is 2. The normalized spacial score (nSPS) is 20.3. The molecule has 2 saturated heterocycles. The second-order valence-corrected chi connectivity index (χ2v) is 16.9. The van der Waals surface area contributed by atoms with Crippen LogP contribution in [0.2, 0.25) is 0 Å². The quantitative estimate of drug-likeness (QED) is 0.0663. The highest BCUT2D eigenvalue weighted by Crippen LogP contribution is 2.45. The van der Waals surface area contributed by atoms with Crippen LogP contribution in [-0.2, 0) is 19.2 Å². The summed E-state index contributed by atoms with van der Waals surface area (Å²) in [6.45, 7) is 3.27. The number of nitrogen functional groups attached to an aromatic ring is 2. The molecule has 0 radical (unpaired) electrons. The van der Waals surface area contributed by atoms with Crippen LogP contribution in [-0.4, -0.2) is 139 Å². The average Bonchev–Trinajstić information content (AvgIpc) is 3.88. The van der Waals surface area contributed by atoms with E-state index in [1.165, 1.54) is 24.3 Å². The number of hydrogen-bond donors (Lipinski definition) is 12. The number of aromatic nitrogens is 4. The zero-order chi connectivity index (χ0) is 48.7. The summed E-state index contributed by atoms with van der Waals surface area (Å²) < 4.78 is 0. The van der Waals surface area contributed by atoms with Crippen LogP contribution in [0.1, 0.15) is 53.3 Å². The molecule has 2 amide bonds. The minimum Gasteiger partial charge on any atom is -0.481 e. The van der Waals surface area contributed by atoms with Crippen molar-refractivity contribution in [1.29, 1.82) is 0 Å². The monoisotopic (exact) mass is 940 g/mol. The van der Waals surface area contributed by atoms with Gasteiger partial charge in [0.15, 0.2) is 11.6 Å². The van der Waals surface area contributed by atoms with E-state index in [1.54, 1.807) is 24.3 Å². The van der Waals surface area contributed by atoms with Gasteiger partial charge in [-0.05, 0) is 61.4 Å². The summed E-state index contributed by atoms with van der Waals surface area (Å²) in [5.41, 5.74) is 12.8. The van der Waals surface area contributed by atoms with Gasteiger partial charge in [-0.15, -0.1) is 0 Å². The molecule has 0 aliphatic carbocycles. The van der Waals surface area contributed by atoms with Gasteiger partial charge in [-0.1, -0.05) is 6.92 Å². The van der Waals surface area contributed by atoms with Gasteiger partial charge in [-0.2, -0.15) is 9.97 Å². The maximum absolute atomic E-state index is 13.9. The number of nitrogens with two attached hydrogens (primary N) is 2. The molecule has 26 heteroatoms. The smallest absolute Gasteiger partial charge is 0.326 e. The molecule has 2 aromatic heterocycles. The molecule has 4 aliphatic rings. The van der Waals surface area contributed by atoms with Crippen molar-refractivity contribution >= 4 is 82.0 Å². The first kappa shape index (κ1) is 46.0. The molecular weight excluding hydrogens is 893 g/mol. The lowest BCUT2D eigenvalue weighted by Gasteiger charge is -2.46. The van der Waals surface area contributed by atoms with Crippen LogP contribution in [0.25, 0.3) is 0 Å². The fraction of sp³-hybridized carbons (Fsp3) is 0.381. The molecule has 6 heterocycles. The molecule has 358 valence electrons. The molecule has 0 saturated carbocycles. The molecule has 0 bridgehead atoms. The molecule has 2 fully saturated rings. The van der Waals surface area contributed by atoms with Crippen molar-refractivity contribution in [1.82, 2.24) is 30.6 Å². The number of hydrogen-bond acceptors (Lipinski definition) is 18. The zero-order valence-corrected chi connectivity index (χ0v) is 36.2. The number of carbonyl (C=O) groups is 6. The Kier molecular flexibility index (Phi) is 12.4. The molecule has 6 atom stereocenters. The standard InChI is InChI=1S/C42H48N14O12/c1-18(37-53(16-23-14-45-31-29(55(23)37)35(63)51-41(43)49-31)21-6-2-19(3-7-21)33(61)47-25(39(65)66)10-12-27(57)58)38-54(17-24-15-46-32-30(56(24)38)36(64)52-42(44)50-32)22-8-4-20(5-9-22)34(62)48-26(40(67)68)11-13-28(59)60/h2-9,18,23-26,37-38H,10-17H2,1H3,(H,47,61)(H,48,62)(H,57,58)(H,59,60)(H,65,66)(H,67,68)(H4,43,45,49,51,63)(H4,44,46,50,52,64). The third-order valence-corrected chi connectivity index (χ3v) is 12.5. The van der Waals surface area contributed by atoms with E-state index in [9.17, 15) is 48.6 Å². The number of benzene rings is 2. The summed E-state index contributed by atoms with van der Waals surface area (Å²) in [4.78, 5) is 122. The van der Waals surface area contributed by atoms with E-state index in [0.29, 0.717) is 37.6 Å². The number of anilines is 8. The van der Waals surface area contributed by atoms with Crippen LogP contribution in [0.4, 0.5) is 46.3 Å². The van der Waals surface area contributed by atoms with Crippen molar-refractivity contribution in [2.75, 3.05) is 67.9 Å². The minimum absolute atomic E-state index is 0.101. The Morgan fingerprint density at radius 1 is 0.647 bits per heavy atom. The number of aliphatic carboxylic acids is 4. The Morgan fingerprint density at radius 2 is 1.01 bits per heavy atom. The molecule has 14 N–H and O–H groups in total. The second-order valence-electron chi connectivity index (χ2n) is 16.9. The van der Waals surface area contributed by atoms with Crippen LogP contribution < -0.4 is 63.5 Å². The largest absolute Gasteiger partial charge is 0.481 e. The number of aromatic amines is 2. The van der Waals surface area contributed by atoms with Gasteiger partial charge in [-0.25, -0.2) is 9.59 Å². The van der Waals surface area contributed by atoms with Crippen molar-refractivity contribution in [3.05, 3.63) is 80.4 Å². The SMILES string of the molecule is CC(C1N(c2ccc(C(=O)NC(CCC(=O)O)C(=O)O)cc2)CC2CNc3nc(N)[nH]c(=O)c3N21)C1N(c2ccc(C(=O)NC(CCC(=O)O)C(=O)O)cc2)CC2CNc3nc(N)[nH]c(=O)c3N21. The van der Waals surface area contributed by atoms with Gasteiger partial charge in [0.1, 0.15) is 35.8 Å². The molecule has 68 heavy (non-hydrogen) atoms. The summed E-state index contributed by atoms with van der Waals surface area (Å²) in [6.07, 6.45) is -3.04. The van der Waals surface area contributed by atoms with Crippen molar-refractivity contribution in [3.8, 4) is 0 Å². The van der Waals surface area contributed by atoms with Gasteiger partial charge in [0.2, 0.25) is 11.9 Å². The fourth-order valence-electron chi connectivity index (χ4n) is 9.54. The third-order valence-electron chi connectivity index (χ3n) is 12.5. The minimum atomic E-state index is -1.45. The predicted octanol–water partition coefficient (Wildman–Crippen LogP) is -0.657.